The van der Waals surface area contributed by atoms with Gasteiger partial charge in [0.15, 0.2) is 11.6 Å². The van der Waals surface area contributed by atoms with Gasteiger partial charge in [0.2, 0.25) is 5.91 Å². The lowest BCUT2D eigenvalue weighted by Crippen LogP contribution is -2.15. The molecule has 1 aliphatic carbocycles. The average molecular weight is 507 g/mol. The molecule has 184 valence electrons. The average Bonchev–Trinajstić information content (AvgIpc) is 3.24. The van der Waals surface area contributed by atoms with Crippen molar-refractivity contribution in [2.75, 3.05) is 24.3 Å². The van der Waals surface area contributed by atoms with Crippen molar-refractivity contribution >= 4 is 45.4 Å². The third-order valence-corrected chi connectivity index (χ3v) is 7.36. The van der Waals surface area contributed by atoms with E-state index in [-0.39, 0.29) is 28.7 Å². The van der Waals surface area contributed by atoms with E-state index in [1.165, 1.54) is 0 Å². The van der Waals surface area contributed by atoms with Crippen molar-refractivity contribution in [3.8, 4) is 11.1 Å². The predicted octanol–water partition coefficient (Wildman–Crippen LogP) is 4.46. The van der Waals surface area contributed by atoms with Crippen molar-refractivity contribution in [2.24, 2.45) is 18.9 Å². The summed E-state index contributed by atoms with van der Waals surface area (Å²) >= 11 is 6.53. The Morgan fingerprint density at radius 3 is 2.81 bits per heavy atom. The molecule has 1 fully saturated rings. The lowest BCUT2D eigenvalue weighted by molar-refractivity contribution is -0.117. The summed E-state index contributed by atoms with van der Waals surface area (Å²) in [6, 6.07) is 5.47. The number of hydrogen-bond donors (Lipinski definition) is 2. The Balaban J connectivity index is 1.31. The number of fused-ring (bicyclic) bond motifs is 2. The topological polar surface area (TPSA) is 96.1 Å². The Bertz CT molecular complexity index is 1650. The lowest BCUT2D eigenvalue weighted by atomic mass is 10.0. The fourth-order valence-corrected chi connectivity index (χ4v) is 5.51. The highest BCUT2D eigenvalue weighted by Gasteiger charge is 2.53. The monoisotopic (exact) mass is 506 g/mol. The first-order valence-corrected chi connectivity index (χ1v) is 11.9. The summed E-state index contributed by atoms with van der Waals surface area (Å²) in [6.45, 7) is 2.07. The summed E-state index contributed by atoms with van der Waals surface area (Å²) in [4.78, 5) is 14.6. The SMILES string of the molecule is C[C@@H]1[C@H](C(=O)Nc2cc3cc(-c4c(Cl)c(F)c(N(C)C)c5[nH]ncc45)ccn3n2)[C@H]1c1cnn(C)c1. The molecule has 0 saturated heterocycles. The summed E-state index contributed by atoms with van der Waals surface area (Å²) in [7, 11) is 5.38. The predicted molar refractivity (Wildman–Crippen MR) is 137 cm³/mol. The summed E-state index contributed by atoms with van der Waals surface area (Å²) < 4.78 is 18.7. The van der Waals surface area contributed by atoms with E-state index in [4.69, 9.17) is 11.6 Å². The molecule has 6 rings (SSSR count). The molecular weight excluding hydrogens is 483 g/mol. The normalized spacial score (nSPS) is 19.2. The van der Waals surface area contributed by atoms with Gasteiger partial charge in [-0.2, -0.15) is 15.3 Å². The summed E-state index contributed by atoms with van der Waals surface area (Å²) in [5.74, 6) is 0.135. The second-order valence-corrected chi connectivity index (χ2v) is 9.94. The Labute approximate surface area is 210 Å². The number of benzene rings is 1. The minimum atomic E-state index is -0.517. The van der Waals surface area contributed by atoms with Gasteiger partial charge in [0.1, 0.15) is 5.69 Å². The van der Waals surface area contributed by atoms with E-state index in [1.807, 2.05) is 31.6 Å². The molecule has 4 aromatic heterocycles. The lowest BCUT2D eigenvalue weighted by Gasteiger charge is -2.18. The van der Waals surface area contributed by atoms with Crippen LogP contribution in [0.15, 0.2) is 43.0 Å². The van der Waals surface area contributed by atoms with E-state index in [2.05, 4.69) is 32.6 Å². The number of nitrogens with zero attached hydrogens (tertiary/aromatic N) is 6. The van der Waals surface area contributed by atoms with Crippen LogP contribution in [0.25, 0.3) is 27.5 Å². The quantitative estimate of drug-likeness (QED) is 0.367. The van der Waals surface area contributed by atoms with Gasteiger partial charge >= 0.3 is 0 Å². The van der Waals surface area contributed by atoms with Crippen LogP contribution in [0.5, 0.6) is 0 Å². The molecule has 0 radical (unpaired) electrons. The Hall–Kier alpha value is -3.92. The van der Waals surface area contributed by atoms with Gasteiger partial charge in [-0.25, -0.2) is 8.91 Å². The molecule has 9 nitrogen and oxygen atoms in total. The molecule has 5 aromatic rings. The molecule has 2 N–H and O–H groups in total. The summed E-state index contributed by atoms with van der Waals surface area (Å²) in [6.07, 6.45) is 7.18. The van der Waals surface area contributed by atoms with E-state index in [9.17, 15) is 4.79 Å². The third kappa shape index (κ3) is 3.43. The Kier molecular flexibility index (Phi) is 5.04. The highest BCUT2D eigenvalue weighted by molar-refractivity contribution is 6.36. The van der Waals surface area contributed by atoms with E-state index < -0.39 is 5.82 Å². The van der Waals surface area contributed by atoms with Gasteiger partial charge in [0.05, 0.1) is 28.4 Å². The molecule has 0 bridgehead atoms. The van der Waals surface area contributed by atoms with Crippen molar-refractivity contribution in [1.29, 1.82) is 0 Å². The first-order valence-electron chi connectivity index (χ1n) is 11.5. The number of amides is 1. The Morgan fingerprint density at radius 1 is 1.28 bits per heavy atom. The Morgan fingerprint density at radius 2 is 2.08 bits per heavy atom. The van der Waals surface area contributed by atoms with Crippen molar-refractivity contribution in [2.45, 2.75) is 12.8 Å². The number of halogens is 2. The number of carbonyl (C=O) groups excluding carboxylic acids is 1. The van der Waals surface area contributed by atoms with E-state index in [0.717, 1.165) is 11.1 Å². The maximum absolute atomic E-state index is 15.2. The molecule has 11 heteroatoms. The van der Waals surface area contributed by atoms with Gasteiger partial charge in [-0.1, -0.05) is 18.5 Å². The highest BCUT2D eigenvalue weighted by atomic mass is 35.5. The number of aryl methyl sites for hydroxylation is 1. The molecule has 3 atom stereocenters. The highest BCUT2D eigenvalue weighted by Crippen LogP contribution is 2.54. The molecule has 1 aliphatic rings. The van der Waals surface area contributed by atoms with E-state index in [1.54, 1.807) is 46.7 Å². The fraction of sp³-hybridized carbons (Fsp3) is 0.280. The number of H-pyrrole nitrogens is 1. The largest absolute Gasteiger partial charge is 0.373 e. The number of aromatic nitrogens is 6. The molecule has 4 heterocycles. The minimum absolute atomic E-state index is 0.0224. The zero-order valence-corrected chi connectivity index (χ0v) is 20.9. The molecule has 1 saturated carbocycles. The van der Waals surface area contributed by atoms with E-state index >= 15 is 4.39 Å². The van der Waals surface area contributed by atoms with Gasteiger partial charge in [0, 0.05) is 62.4 Å². The van der Waals surface area contributed by atoms with Crippen LogP contribution >= 0.6 is 11.6 Å². The van der Waals surface area contributed by atoms with Crippen molar-refractivity contribution in [1.82, 2.24) is 29.6 Å². The van der Waals surface area contributed by atoms with Gasteiger partial charge in [-0.3, -0.25) is 14.6 Å². The molecule has 1 amide bonds. The molecule has 0 aliphatic heterocycles. The smallest absolute Gasteiger partial charge is 0.229 e. The minimum Gasteiger partial charge on any atom is -0.373 e. The number of nitrogens with one attached hydrogen (secondary N) is 2. The van der Waals surface area contributed by atoms with Crippen molar-refractivity contribution in [3.05, 3.63) is 59.4 Å². The van der Waals surface area contributed by atoms with Gasteiger partial charge in [-0.15, -0.1) is 0 Å². The zero-order chi connectivity index (χ0) is 25.3. The maximum Gasteiger partial charge on any atom is 0.229 e. The number of anilines is 2. The van der Waals surface area contributed by atoms with Crippen LogP contribution < -0.4 is 10.2 Å². The van der Waals surface area contributed by atoms with Crippen LogP contribution in [0, 0.1) is 17.7 Å². The second kappa shape index (κ2) is 8.06. The maximum atomic E-state index is 15.2. The molecule has 0 unspecified atom stereocenters. The van der Waals surface area contributed by atoms with Crippen LogP contribution in [0.1, 0.15) is 18.4 Å². The molecule has 36 heavy (non-hydrogen) atoms. The van der Waals surface area contributed by atoms with Crippen LogP contribution in [-0.2, 0) is 11.8 Å². The van der Waals surface area contributed by atoms with Gasteiger partial charge in [0.25, 0.3) is 0 Å². The molecular formula is C25H24ClFN8O. The number of hydrogen-bond acceptors (Lipinski definition) is 5. The first-order chi connectivity index (χ1) is 17.2. The number of carbonyl (C=O) groups is 1. The third-order valence-electron chi connectivity index (χ3n) is 7.01. The molecule has 0 spiro atoms. The number of aromatic amines is 1. The summed E-state index contributed by atoms with van der Waals surface area (Å²) in [5, 5.41) is 19.4. The first kappa shape index (κ1) is 22.5. The van der Waals surface area contributed by atoms with Crippen LogP contribution in [0.4, 0.5) is 15.9 Å². The standard InChI is InChI=1S/C25H24ClFN8O/c1-12-18(14-9-29-34(4)11-14)19(12)25(36)30-17-8-15-7-13(5-6-35(15)32-17)20-16-10-28-31-23(16)24(33(2)3)22(27)21(20)26/h5-12,18-19H,1-4H3,(H,28,31)(H,30,32,36)/t12-,18+,19-/m0/s1. The number of pyridine rings is 1. The molecule has 1 aromatic carbocycles. The zero-order valence-electron chi connectivity index (χ0n) is 20.1. The van der Waals surface area contributed by atoms with Crippen molar-refractivity contribution < 1.29 is 9.18 Å². The van der Waals surface area contributed by atoms with Crippen LogP contribution in [0.2, 0.25) is 5.02 Å². The van der Waals surface area contributed by atoms with Crippen molar-refractivity contribution in [3.63, 3.8) is 0 Å². The van der Waals surface area contributed by atoms with E-state index in [0.29, 0.717) is 33.5 Å². The summed E-state index contributed by atoms with van der Waals surface area (Å²) in [5.41, 5.74) is 3.99. The fourth-order valence-electron chi connectivity index (χ4n) is 5.21. The second-order valence-electron chi connectivity index (χ2n) is 9.57. The van der Waals surface area contributed by atoms with Gasteiger partial charge in [-0.05, 0) is 29.2 Å². The van der Waals surface area contributed by atoms with Crippen LogP contribution in [0.3, 0.4) is 0 Å². The van der Waals surface area contributed by atoms with Gasteiger partial charge < -0.3 is 10.2 Å². The number of rotatable bonds is 5. The van der Waals surface area contributed by atoms with Crippen LogP contribution in [-0.4, -0.2) is 49.6 Å².